The zero-order valence-electron chi connectivity index (χ0n) is 9.10. The normalized spacial score (nSPS) is 10.6. The lowest BCUT2D eigenvalue weighted by Gasteiger charge is -2.04. The molecule has 3 N–H and O–H groups in total. The first-order valence-electron chi connectivity index (χ1n) is 5.07. The average Bonchev–Trinajstić information content (AvgIpc) is 2.67. The van der Waals surface area contributed by atoms with Gasteiger partial charge in [-0.3, -0.25) is 4.98 Å². The van der Waals surface area contributed by atoms with Crippen LogP contribution in [0.4, 0.5) is 5.69 Å². The van der Waals surface area contributed by atoms with Crippen LogP contribution in [0.3, 0.4) is 0 Å². The average molecular weight is 234 g/mol. The third kappa shape index (κ3) is 2.77. The van der Waals surface area contributed by atoms with Crippen molar-refractivity contribution in [2.24, 2.45) is 0 Å². The van der Waals surface area contributed by atoms with Crippen LogP contribution in [0.5, 0.6) is 0 Å². The van der Waals surface area contributed by atoms with Gasteiger partial charge in [0, 0.05) is 30.4 Å². The summed E-state index contributed by atoms with van der Waals surface area (Å²) in [5, 5.41) is 4.37. The number of aryl methyl sites for hydroxylation is 1. The summed E-state index contributed by atoms with van der Waals surface area (Å²) in [6, 6.07) is 3.70. The van der Waals surface area contributed by atoms with Crippen molar-refractivity contribution >= 4 is 17.0 Å². The van der Waals surface area contributed by atoms with E-state index >= 15 is 0 Å². The van der Waals surface area contributed by atoms with Gasteiger partial charge in [0.25, 0.3) is 0 Å². The Morgan fingerprint density at radius 3 is 2.94 bits per heavy atom. The molecule has 2 heterocycles. The molecule has 0 atom stereocenters. The standard InChI is InChI=1S/C11H14N4S/c1-8-5-15-11(16-8)7-13-6-10-9(12)3-2-4-14-10/h2-5,13H,6-7,12H2,1H3. The highest BCUT2D eigenvalue weighted by Gasteiger charge is 2.01. The van der Waals surface area contributed by atoms with Gasteiger partial charge in [-0.25, -0.2) is 4.98 Å². The van der Waals surface area contributed by atoms with Crippen molar-refractivity contribution in [2.75, 3.05) is 5.73 Å². The molecular weight excluding hydrogens is 220 g/mol. The molecule has 0 amide bonds. The van der Waals surface area contributed by atoms with E-state index in [2.05, 4.69) is 22.2 Å². The molecule has 0 fully saturated rings. The van der Waals surface area contributed by atoms with Crippen molar-refractivity contribution in [3.8, 4) is 0 Å². The summed E-state index contributed by atoms with van der Waals surface area (Å²) in [5.74, 6) is 0. The molecule has 0 saturated carbocycles. The van der Waals surface area contributed by atoms with Gasteiger partial charge in [0.1, 0.15) is 5.01 Å². The van der Waals surface area contributed by atoms with Crippen molar-refractivity contribution in [1.82, 2.24) is 15.3 Å². The molecule has 2 aromatic rings. The van der Waals surface area contributed by atoms with Crippen LogP contribution in [-0.2, 0) is 13.1 Å². The van der Waals surface area contributed by atoms with Crippen molar-refractivity contribution < 1.29 is 0 Å². The highest BCUT2D eigenvalue weighted by molar-refractivity contribution is 7.11. The van der Waals surface area contributed by atoms with Crippen molar-refractivity contribution in [3.05, 3.63) is 40.1 Å². The smallest absolute Gasteiger partial charge is 0.107 e. The van der Waals surface area contributed by atoms with Crippen LogP contribution in [0.25, 0.3) is 0 Å². The van der Waals surface area contributed by atoms with Crippen molar-refractivity contribution in [1.29, 1.82) is 0 Å². The number of hydrogen-bond acceptors (Lipinski definition) is 5. The number of nitrogens with zero attached hydrogens (tertiary/aromatic N) is 2. The molecule has 2 aromatic heterocycles. The molecule has 0 unspecified atom stereocenters. The van der Waals surface area contributed by atoms with Crippen LogP contribution in [0.1, 0.15) is 15.6 Å². The number of nitrogen functional groups attached to an aromatic ring is 1. The van der Waals surface area contributed by atoms with Crippen LogP contribution in [-0.4, -0.2) is 9.97 Å². The zero-order chi connectivity index (χ0) is 11.4. The maximum absolute atomic E-state index is 5.79. The topological polar surface area (TPSA) is 63.8 Å². The Bertz CT molecular complexity index is 467. The van der Waals surface area contributed by atoms with Crippen LogP contribution in [0.2, 0.25) is 0 Å². The van der Waals surface area contributed by atoms with E-state index < -0.39 is 0 Å². The summed E-state index contributed by atoms with van der Waals surface area (Å²) in [5.41, 5.74) is 7.40. The van der Waals surface area contributed by atoms with Crippen molar-refractivity contribution in [2.45, 2.75) is 20.0 Å². The van der Waals surface area contributed by atoms with E-state index in [1.165, 1.54) is 4.88 Å². The van der Waals surface area contributed by atoms with E-state index in [1.807, 2.05) is 18.3 Å². The molecule has 0 spiro atoms. The van der Waals surface area contributed by atoms with Crippen LogP contribution < -0.4 is 11.1 Å². The van der Waals surface area contributed by atoms with E-state index in [4.69, 9.17) is 5.73 Å². The summed E-state index contributed by atoms with van der Waals surface area (Å²) in [6.45, 7) is 3.48. The number of anilines is 1. The minimum Gasteiger partial charge on any atom is -0.397 e. The van der Waals surface area contributed by atoms with Gasteiger partial charge in [-0.15, -0.1) is 11.3 Å². The van der Waals surface area contributed by atoms with Gasteiger partial charge in [-0.05, 0) is 19.1 Å². The molecule has 0 radical (unpaired) electrons. The molecule has 5 heteroatoms. The lowest BCUT2D eigenvalue weighted by Crippen LogP contribution is -2.14. The Kier molecular flexibility index (Phi) is 3.48. The Hall–Kier alpha value is -1.46. The number of thiazole rings is 1. The predicted octanol–water partition coefficient (Wildman–Crippen LogP) is 1.72. The first-order chi connectivity index (χ1) is 7.75. The molecule has 0 aromatic carbocycles. The number of nitrogens with two attached hydrogens (primary N) is 1. The Morgan fingerprint density at radius 2 is 2.25 bits per heavy atom. The predicted molar refractivity (Wildman–Crippen MR) is 66.0 cm³/mol. The summed E-state index contributed by atoms with van der Waals surface area (Å²) in [7, 11) is 0. The largest absolute Gasteiger partial charge is 0.397 e. The van der Waals surface area contributed by atoms with Gasteiger partial charge in [0.15, 0.2) is 0 Å². The molecule has 0 saturated heterocycles. The number of hydrogen-bond donors (Lipinski definition) is 2. The molecule has 16 heavy (non-hydrogen) atoms. The Labute approximate surface area is 98.6 Å². The maximum Gasteiger partial charge on any atom is 0.107 e. The quantitative estimate of drug-likeness (QED) is 0.845. The number of nitrogens with one attached hydrogen (secondary N) is 1. The summed E-state index contributed by atoms with van der Waals surface area (Å²) >= 11 is 1.70. The molecule has 84 valence electrons. The second kappa shape index (κ2) is 5.05. The third-order valence-corrected chi connectivity index (χ3v) is 3.08. The van der Waals surface area contributed by atoms with Gasteiger partial charge in [0.05, 0.1) is 11.4 Å². The fourth-order valence-electron chi connectivity index (χ4n) is 1.37. The van der Waals surface area contributed by atoms with E-state index in [0.29, 0.717) is 6.54 Å². The summed E-state index contributed by atoms with van der Waals surface area (Å²) in [6.07, 6.45) is 3.64. The highest BCUT2D eigenvalue weighted by Crippen LogP contribution is 2.11. The van der Waals surface area contributed by atoms with Gasteiger partial charge >= 0.3 is 0 Å². The Morgan fingerprint density at radius 1 is 1.38 bits per heavy atom. The SMILES string of the molecule is Cc1cnc(CNCc2ncccc2N)s1. The minimum absolute atomic E-state index is 0.672. The van der Waals surface area contributed by atoms with Gasteiger partial charge in [0.2, 0.25) is 0 Å². The fraction of sp³-hybridized carbons (Fsp3) is 0.273. The van der Waals surface area contributed by atoms with Crippen LogP contribution >= 0.6 is 11.3 Å². The molecular formula is C11H14N4S. The van der Waals surface area contributed by atoms with E-state index in [-0.39, 0.29) is 0 Å². The summed E-state index contributed by atoms with van der Waals surface area (Å²) in [4.78, 5) is 9.71. The number of rotatable bonds is 4. The second-order valence-electron chi connectivity index (χ2n) is 3.51. The van der Waals surface area contributed by atoms with E-state index in [9.17, 15) is 0 Å². The van der Waals surface area contributed by atoms with Crippen LogP contribution in [0.15, 0.2) is 24.5 Å². The summed E-state index contributed by atoms with van der Waals surface area (Å²) < 4.78 is 0. The van der Waals surface area contributed by atoms with Gasteiger partial charge < -0.3 is 11.1 Å². The van der Waals surface area contributed by atoms with E-state index in [1.54, 1.807) is 17.5 Å². The first-order valence-corrected chi connectivity index (χ1v) is 5.89. The second-order valence-corrected chi connectivity index (χ2v) is 4.83. The number of pyridine rings is 1. The lowest BCUT2D eigenvalue weighted by molar-refractivity contribution is 0.678. The fourth-order valence-corrected chi connectivity index (χ4v) is 2.13. The van der Waals surface area contributed by atoms with Crippen molar-refractivity contribution in [3.63, 3.8) is 0 Å². The lowest BCUT2D eigenvalue weighted by atomic mass is 10.3. The number of aromatic nitrogens is 2. The monoisotopic (exact) mass is 234 g/mol. The first kappa shape index (κ1) is 11.0. The molecule has 2 rings (SSSR count). The highest BCUT2D eigenvalue weighted by atomic mass is 32.1. The van der Waals surface area contributed by atoms with E-state index in [0.717, 1.165) is 22.9 Å². The van der Waals surface area contributed by atoms with Crippen LogP contribution in [0, 0.1) is 6.92 Å². The third-order valence-electron chi connectivity index (χ3n) is 2.16. The van der Waals surface area contributed by atoms with Gasteiger partial charge in [-0.1, -0.05) is 0 Å². The molecule has 0 aliphatic heterocycles. The molecule has 4 nitrogen and oxygen atoms in total. The molecule has 0 bridgehead atoms. The zero-order valence-corrected chi connectivity index (χ0v) is 9.92. The maximum atomic E-state index is 5.79. The molecule has 0 aliphatic rings. The Balaban J connectivity index is 1.87. The minimum atomic E-state index is 0.672. The molecule has 0 aliphatic carbocycles. The van der Waals surface area contributed by atoms with Gasteiger partial charge in [-0.2, -0.15) is 0 Å².